The van der Waals surface area contributed by atoms with Gasteiger partial charge in [-0.3, -0.25) is 10.2 Å². The molecule has 0 aliphatic rings. The lowest BCUT2D eigenvalue weighted by Gasteiger charge is -1.96. The predicted octanol–water partition coefficient (Wildman–Crippen LogP) is -2.43. The van der Waals surface area contributed by atoms with Crippen molar-refractivity contribution in [1.82, 2.24) is 5.48 Å². The topological polar surface area (TPSA) is 131 Å². The monoisotopic (exact) mass is 182 g/mol. The molecule has 0 unspecified atom stereocenters. The molecule has 0 saturated carbocycles. The Morgan fingerprint density at radius 1 is 1.64 bits per heavy atom. The minimum absolute atomic E-state index is 0.0712. The Morgan fingerprint density at radius 2 is 2.18 bits per heavy atom. The first kappa shape index (κ1) is 10.1. The van der Waals surface area contributed by atoms with Gasteiger partial charge in [-0.15, -0.1) is 0 Å². The first-order valence-electron chi connectivity index (χ1n) is 2.66. The second kappa shape index (κ2) is 4.11. The molecule has 0 heterocycles. The highest BCUT2D eigenvalue weighted by Gasteiger charge is 1.99. The Hall–Kier alpha value is -0.860. The van der Waals surface area contributed by atoms with Crippen LogP contribution in [0.2, 0.25) is 0 Å². The van der Waals surface area contributed by atoms with Crippen LogP contribution in [0, 0.1) is 0 Å². The lowest BCUT2D eigenvalue weighted by Crippen LogP contribution is -2.29. The number of hydroxylamine groups is 1. The molecule has 0 aromatic carbocycles. The molecule has 0 fully saturated rings. The second-order valence-corrected chi connectivity index (χ2v) is 3.48. The largest absolute Gasteiger partial charge is 0.368 e. The van der Waals surface area contributed by atoms with Gasteiger partial charge in [0.25, 0.3) is 0 Å². The minimum Gasteiger partial charge on any atom is -0.368 e. The average molecular weight is 182 g/mol. The zero-order valence-corrected chi connectivity index (χ0v) is 6.50. The van der Waals surface area contributed by atoms with Crippen molar-refractivity contribution in [3.05, 3.63) is 0 Å². The van der Waals surface area contributed by atoms with Gasteiger partial charge in [-0.1, -0.05) is 0 Å². The lowest BCUT2D eigenvalue weighted by molar-refractivity contribution is 0.232. The van der Waals surface area contributed by atoms with E-state index in [4.69, 9.17) is 10.9 Å². The standard InChI is InChI=1S/C3H10N4O3S/c4-3(7-8)6-1-2-11(5,9)10/h8H,1-2H2,(H3,4,6,7)(H2,5,9,10). The highest BCUT2D eigenvalue weighted by atomic mass is 32.2. The van der Waals surface area contributed by atoms with Gasteiger partial charge in [-0.25, -0.2) is 19.0 Å². The molecule has 0 radical (unpaired) electrons. The summed E-state index contributed by atoms with van der Waals surface area (Å²) in [6.07, 6.45) is 0. The Labute approximate surface area is 64.1 Å². The van der Waals surface area contributed by atoms with Crippen molar-refractivity contribution in [2.24, 2.45) is 15.9 Å². The molecular formula is C3H10N4O3S. The summed E-state index contributed by atoms with van der Waals surface area (Å²) in [5.74, 6) is -0.538. The van der Waals surface area contributed by atoms with E-state index < -0.39 is 10.0 Å². The zero-order valence-electron chi connectivity index (χ0n) is 5.69. The Kier molecular flexibility index (Phi) is 3.79. The smallest absolute Gasteiger partial charge is 0.212 e. The molecule has 0 amide bonds. The van der Waals surface area contributed by atoms with E-state index in [0.29, 0.717) is 0 Å². The summed E-state index contributed by atoms with van der Waals surface area (Å²) in [6, 6.07) is 0. The van der Waals surface area contributed by atoms with E-state index in [2.05, 4.69) is 10.1 Å². The molecular weight excluding hydrogens is 172 g/mol. The fourth-order valence-corrected chi connectivity index (χ4v) is 0.674. The average Bonchev–Trinajstić information content (AvgIpc) is 1.85. The summed E-state index contributed by atoms with van der Waals surface area (Å²) in [6.45, 7) is -0.0712. The highest BCUT2D eigenvalue weighted by molar-refractivity contribution is 7.89. The van der Waals surface area contributed by atoms with Crippen LogP contribution in [0.3, 0.4) is 0 Å². The molecule has 0 saturated heterocycles. The van der Waals surface area contributed by atoms with E-state index >= 15 is 0 Å². The molecule has 8 heteroatoms. The fourth-order valence-electron chi connectivity index (χ4n) is 0.329. The van der Waals surface area contributed by atoms with Gasteiger partial charge in [0.05, 0.1) is 12.3 Å². The van der Waals surface area contributed by atoms with Crippen molar-refractivity contribution in [2.75, 3.05) is 12.3 Å². The molecule has 0 spiro atoms. The molecule has 0 bridgehead atoms. The third kappa shape index (κ3) is 7.03. The maximum absolute atomic E-state index is 10.3. The third-order valence-corrected chi connectivity index (χ3v) is 1.52. The zero-order chi connectivity index (χ0) is 8.91. The quantitative estimate of drug-likeness (QED) is 0.219. The maximum atomic E-state index is 10.3. The van der Waals surface area contributed by atoms with E-state index in [0.717, 1.165) is 0 Å². The van der Waals surface area contributed by atoms with Gasteiger partial charge in [-0.2, -0.15) is 0 Å². The van der Waals surface area contributed by atoms with Crippen LogP contribution < -0.4 is 16.4 Å². The lowest BCUT2D eigenvalue weighted by atomic mass is 10.8. The van der Waals surface area contributed by atoms with Crippen LogP contribution in [0.4, 0.5) is 0 Å². The maximum Gasteiger partial charge on any atom is 0.212 e. The summed E-state index contributed by atoms with van der Waals surface area (Å²) in [5.41, 5.74) is 6.50. The van der Waals surface area contributed by atoms with Gasteiger partial charge in [-0.05, 0) is 0 Å². The van der Waals surface area contributed by atoms with Crippen LogP contribution in [-0.4, -0.2) is 31.9 Å². The van der Waals surface area contributed by atoms with Gasteiger partial charge >= 0.3 is 0 Å². The molecule has 7 nitrogen and oxygen atoms in total. The number of aliphatic imine (C=N–C) groups is 1. The molecule has 0 aromatic rings. The number of primary sulfonamides is 1. The number of nitrogens with two attached hydrogens (primary N) is 2. The fraction of sp³-hybridized carbons (Fsp3) is 0.667. The Morgan fingerprint density at radius 3 is 2.55 bits per heavy atom. The number of nitrogens with one attached hydrogen (secondary N) is 1. The van der Waals surface area contributed by atoms with Crippen LogP contribution >= 0.6 is 0 Å². The normalized spacial score (nSPS) is 13.1. The molecule has 66 valence electrons. The third-order valence-electron chi connectivity index (χ3n) is 0.773. The summed E-state index contributed by atoms with van der Waals surface area (Å²) >= 11 is 0. The number of sulfonamides is 1. The summed E-state index contributed by atoms with van der Waals surface area (Å²) < 4.78 is 20.6. The number of guanidine groups is 1. The predicted molar refractivity (Wildman–Crippen MR) is 39.4 cm³/mol. The van der Waals surface area contributed by atoms with Crippen molar-refractivity contribution in [2.45, 2.75) is 0 Å². The molecule has 0 aromatic heterocycles. The van der Waals surface area contributed by atoms with Crippen LogP contribution in [0.15, 0.2) is 4.99 Å². The second-order valence-electron chi connectivity index (χ2n) is 1.75. The summed E-state index contributed by atoms with van der Waals surface area (Å²) in [4.78, 5) is 3.40. The van der Waals surface area contributed by atoms with Crippen molar-refractivity contribution in [1.29, 1.82) is 0 Å². The van der Waals surface area contributed by atoms with E-state index in [-0.39, 0.29) is 18.3 Å². The van der Waals surface area contributed by atoms with Gasteiger partial charge in [0.2, 0.25) is 16.0 Å². The molecule has 0 atom stereocenters. The van der Waals surface area contributed by atoms with Crippen molar-refractivity contribution >= 4 is 16.0 Å². The number of rotatable bonds is 3. The van der Waals surface area contributed by atoms with Crippen molar-refractivity contribution < 1.29 is 13.6 Å². The SMILES string of the molecule is NC(=NCCS(N)(=O)=O)NO. The van der Waals surface area contributed by atoms with Crippen molar-refractivity contribution in [3.63, 3.8) is 0 Å². The number of hydrogen-bond acceptors (Lipinski definition) is 4. The minimum atomic E-state index is -3.50. The van der Waals surface area contributed by atoms with E-state index in [1.165, 1.54) is 0 Å². The number of nitrogens with zero attached hydrogens (tertiary/aromatic N) is 1. The van der Waals surface area contributed by atoms with Crippen LogP contribution in [0.1, 0.15) is 0 Å². The van der Waals surface area contributed by atoms with E-state index in [9.17, 15) is 8.42 Å². The van der Waals surface area contributed by atoms with Crippen LogP contribution in [-0.2, 0) is 10.0 Å². The Balaban J connectivity index is 3.75. The summed E-state index contributed by atoms with van der Waals surface area (Å²) in [5, 5.41) is 12.7. The first-order chi connectivity index (χ1) is 4.95. The van der Waals surface area contributed by atoms with Gasteiger partial charge in [0, 0.05) is 0 Å². The van der Waals surface area contributed by atoms with Gasteiger partial charge < -0.3 is 5.73 Å². The van der Waals surface area contributed by atoms with Crippen molar-refractivity contribution in [3.8, 4) is 0 Å². The van der Waals surface area contributed by atoms with E-state index in [1.54, 1.807) is 5.48 Å². The molecule has 0 rings (SSSR count). The molecule has 0 aliphatic carbocycles. The molecule has 11 heavy (non-hydrogen) atoms. The van der Waals surface area contributed by atoms with E-state index in [1.807, 2.05) is 0 Å². The van der Waals surface area contributed by atoms with Gasteiger partial charge in [0.15, 0.2) is 0 Å². The summed E-state index contributed by atoms with van der Waals surface area (Å²) in [7, 11) is -3.50. The Bertz CT molecular complexity index is 233. The van der Waals surface area contributed by atoms with Gasteiger partial charge in [0.1, 0.15) is 0 Å². The molecule has 6 N–H and O–H groups in total. The van der Waals surface area contributed by atoms with Crippen LogP contribution in [0.5, 0.6) is 0 Å². The van der Waals surface area contributed by atoms with Crippen LogP contribution in [0.25, 0.3) is 0 Å². The molecule has 0 aliphatic heterocycles. The number of hydrogen-bond donors (Lipinski definition) is 4. The highest BCUT2D eigenvalue weighted by Crippen LogP contribution is 1.77. The first-order valence-corrected chi connectivity index (χ1v) is 4.38.